The number of aryl methyl sites for hydroxylation is 2. The van der Waals surface area contributed by atoms with Crippen molar-refractivity contribution in [3.05, 3.63) is 59.7 Å². The van der Waals surface area contributed by atoms with Crippen molar-refractivity contribution in [2.45, 2.75) is 20.3 Å². The predicted octanol–water partition coefficient (Wildman–Crippen LogP) is 3.19. The van der Waals surface area contributed by atoms with E-state index in [1.165, 1.54) is 11.1 Å². The van der Waals surface area contributed by atoms with E-state index in [1.807, 2.05) is 30.3 Å². The van der Waals surface area contributed by atoms with Crippen LogP contribution in [0.2, 0.25) is 0 Å². The molecule has 3 rings (SSSR count). The average Bonchev–Trinajstić information content (AvgIpc) is 2.70. The third-order valence-corrected chi connectivity index (χ3v) is 5.17. The molecule has 2 aromatic carbocycles. The third-order valence-electron chi connectivity index (χ3n) is 5.17. The van der Waals surface area contributed by atoms with E-state index in [4.69, 9.17) is 4.74 Å². The fourth-order valence-electron chi connectivity index (χ4n) is 3.51. The minimum atomic E-state index is 0.0668. The lowest BCUT2D eigenvalue weighted by atomic mass is 10.1. The van der Waals surface area contributed by atoms with Gasteiger partial charge in [-0.25, -0.2) is 0 Å². The standard InChI is InChI=1S/C23H31N3O2/c1-3-20-8-4-5-10-22(20)24-23(27)18-26-13-11-25(12-14-26)15-16-28-21-9-6-7-19(2)17-21/h4-10,17H,3,11-16,18H2,1-2H3,(H,24,27). The quantitative estimate of drug-likeness (QED) is 0.763. The SMILES string of the molecule is CCc1ccccc1NC(=O)CN1CCN(CCOc2cccc(C)c2)CC1. The summed E-state index contributed by atoms with van der Waals surface area (Å²) in [5.41, 5.74) is 3.32. The zero-order valence-corrected chi connectivity index (χ0v) is 17.0. The molecule has 1 aliphatic rings. The summed E-state index contributed by atoms with van der Waals surface area (Å²) in [4.78, 5) is 17.0. The Bertz CT molecular complexity index is 770. The van der Waals surface area contributed by atoms with Crippen molar-refractivity contribution in [3.63, 3.8) is 0 Å². The Balaban J connectivity index is 1.36. The molecule has 0 aromatic heterocycles. The number of benzene rings is 2. The van der Waals surface area contributed by atoms with E-state index in [9.17, 15) is 4.79 Å². The monoisotopic (exact) mass is 381 g/mol. The molecule has 0 bridgehead atoms. The maximum Gasteiger partial charge on any atom is 0.238 e. The van der Waals surface area contributed by atoms with Gasteiger partial charge in [0, 0.05) is 38.4 Å². The number of carbonyl (C=O) groups is 1. The number of anilines is 1. The first-order chi connectivity index (χ1) is 13.6. The summed E-state index contributed by atoms with van der Waals surface area (Å²) < 4.78 is 5.85. The zero-order valence-electron chi connectivity index (χ0n) is 17.0. The average molecular weight is 382 g/mol. The number of hydrogen-bond donors (Lipinski definition) is 1. The predicted molar refractivity (Wildman–Crippen MR) is 114 cm³/mol. The van der Waals surface area contributed by atoms with Crippen LogP contribution in [0.4, 0.5) is 5.69 Å². The Labute approximate surface area is 168 Å². The van der Waals surface area contributed by atoms with Gasteiger partial charge in [-0.05, 0) is 42.7 Å². The van der Waals surface area contributed by atoms with E-state index >= 15 is 0 Å². The Morgan fingerprint density at radius 2 is 1.79 bits per heavy atom. The number of amides is 1. The summed E-state index contributed by atoms with van der Waals surface area (Å²) in [5, 5.41) is 3.06. The van der Waals surface area contributed by atoms with Gasteiger partial charge in [0.2, 0.25) is 5.91 Å². The Morgan fingerprint density at radius 1 is 1.04 bits per heavy atom. The number of carbonyl (C=O) groups excluding carboxylic acids is 1. The van der Waals surface area contributed by atoms with Crippen LogP contribution in [0.1, 0.15) is 18.1 Å². The third kappa shape index (κ3) is 6.08. The molecule has 0 spiro atoms. The molecule has 2 aromatic rings. The maximum absolute atomic E-state index is 12.4. The first kappa shape index (κ1) is 20.4. The van der Waals surface area contributed by atoms with E-state index < -0.39 is 0 Å². The largest absolute Gasteiger partial charge is 0.492 e. The number of nitrogens with zero attached hydrogens (tertiary/aromatic N) is 2. The van der Waals surface area contributed by atoms with Crippen LogP contribution in [0.25, 0.3) is 0 Å². The van der Waals surface area contributed by atoms with E-state index in [1.54, 1.807) is 0 Å². The normalized spacial score (nSPS) is 15.4. The Kier molecular flexibility index (Phi) is 7.46. The van der Waals surface area contributed by atoms with E-state index in [2.05, 4.69) is 47.2 Å². The Hall–Kier alpha value is -2.37. The molecule has 150 valence electrons. The van der Waals surface area contributed by atoms with Gasteiger partial charge in [-0.2, -0.15) is 0 Å². The van der Waals surface area contributed by atoms with Crippen LogP contribution < -0.4 is 10.1 Å². The molecule has 1 saturated heterocycles. The lowest BCUT2D eigenvalue weighted by Gasteiger charge is -2.34. The summed E-state index contributed by atoms with van der Waals surface area (Å²) in [7, 11) is 0. The van der Waals surface area contributed by atoms with Crippen molar-refractivity contribution in [2.75, 3.05) is 51.2 Å². The van der Waals surface area contributed by atoms with Crippen LogP contribution in [-0.2, 0) is 11.2 Å². The van der Waals surface area contributed by atoms with Crippen molar-refractivity contribution in [3.8, 4) is 5.75 Å². The molecule has 0 atom stereocenters. The second-order valence-corrected chi connectivity index (χ2v) is 7.34. The summed E-state index contributed by atoms with van der Waals surface area (Å²) in [6, 6.07) is 16.2. The number of ether oxygens (including phenoxy) is 1. The molecule has 1 N–H and O–H groups in total. The number of para-hydroxylation sites is 1. The second kappa shape index (κ2) is 10.2. The first-order valence-electron chi connectivity index (χ1n) is 10.2. The summed E-state index contributed by atoms with van der Waals surface area (Å²) >= 11 is 0. The van der Waals surface area contributed by atoms with Gasteiger partial charge in [-0.3, -0.25) is 14.6 Å². The molecule has 0 radical (unpaired) electrons. The summed E-state index contributed by atoms with van der Waals surface area (Å²) in [6.45, 7) is 9.99. The molecule has 5 nitrogen and oxygen atoms in total. The van der Waals surface area contributed by atoms with Gasteiger partial charge in [-0.1, -0.05) is 37.3 Å². The van der Waals surface area contributed by atoms with E-state index in [-0.39, 0.29) is 5.91 Å². The van der Waals surface area contributed by atoms with Crippen LogP contribution in [0, 0.1) is 6.92 Å². The minimum Gasteiger partial charge on any atom is -0.492 e. The molecular formula is C23H31N3O2. The van der Waals surface area contributed by atoms with Gasteiger partial charge in [0.25, 0.3) is 0 Å². The second-order valence-electron chi connectivity index (χ2n) is 7.34. The highest BCUT2D eigenvalue weighted by Gasteiger charge is 2.19. The van der Waals surface area contributed by atoms with Crippen molar-refractivity contribution in [1.29, 1.82) is 0 Å². The maximum atomic E-state index is 12.4. The van der Waals surface area contributed by atoms with Gasteiger partial charge < -0.3 is 10.1 Å². The fourth-order valence-corrected chi connectivity index (χ4v) is 3.51. The van der Waals surface area contributed by atoms with Crippen molar-refractivity contribution in [1.82, 2.24) is 9.80 Å². The molecule has 1 fully saturated rings. The molecule has 0 unspecified atom stereocenters. The van der Waals surface area contributed by atoms with E-state index in [0.29, 0.717) is 13.2 Å². The lowest BCUT2D eigenvalue weighted by Crippen LogP contribution is -2.49. The topological polar surface area (TPSA) is 44.8 Å². The zero-order chi connectivity index (χ0) is 19.8. The van der Waals surface area contributed by atoms with Gasteiger partial charge in [-0.15, -0.1) is 0 Å². The molecule has 1 amide bonds. The molecule has 1 heterocycles. The molecule has 0 saturated carbocycles. The fraction of sp³-hybridized carbons (Fsp3) is 0.435. The lowest BCUT2D eigenvalue weighted by molar-refractivity contribution is -0.117. The smallest absolute Gasteiger partial charge is 0.238 e. The van der Waals surface area contributed by atoms with Gasteiger partial charge >= 0.3 is 0 Å². The minimum absolute atomic E-state index is 0.0668. The molecule has 0 aliphatic carbocycles. The van der Waals surface area contributed by atoms with Gasteiger partial charge in [0.15, 0.2) is 0 Å². The van der Waals surface area contributed by atoms with Gasteiger partial charge in [0.05, 0.1) is 6.54 Å². The van der Waals surface area contributed by atoms with Crippen molar-refractivity contribution < 1.29 is 9.53 Å². The van der Waals surface area contributed by atoms with Crippen LogP contribution in [0.5, 0.6) is 5.75 Å². The van der Waals surface area contributed by atoms with Crippen LogP contribution >= 0.6 is 0 Å². The molecular weight excluding hydrogens is 350 g/mol. The number of hydrogen-bond acceptors (Lipinski definition) is 4. The van der Waals surface area contributed by atoms with Crippen molar-refractivity contribution in [2.24, 2.45) is 0 Å². The molecule has 28 heavy (non-hydrogen) atoms. The highest BCUT2D eigenvalue weighted by Crippen LogP contribution is 2.15. The van der Waals surface area contributed by atoms with Crippen LogP contribution in [-0.4, -0.2) is 61.6 Å². The van der Waals surface area contributed by atoms with Gasteiger partial charge in [0.1, 0.15) is 12.4 Å². The van der Waals surface area contributed by atoms with Crippen molar-refractivity contribution >= 4 is 11.6 Å². The molecule has 5 heteroatoms. The number of piperazine rings is 1. The summed E-state index contributed by atoms with van der Waals surface area (Å²) in [5.74, 6) is 1.000. The van der Waals surface area contributed by atoms with Crippen LogP contribution in [0.3, 0.4) is 0 Å². The summed E-state index contributed by atoms with van der Waals surface area (Å²) in [6.07, 6.45) is 0.916. The first-order valence-corrected chi connectivity index (χ1v) is 10.2. The Morgan fingerprint density at radius 3 is 2.54 bits per heavy atom. The molecule has 1 aliphatic heterocycles. The number of nitrogens with one attached hydrogen (secondary N) is 1. The van der Waals surface area contributed by atoms with Crippen LogP contribution in [0.15, 0.2) is 48.5 Å². The highest BCUT2D eigenvalue weighted by molar-refractivity contribution is 5.93. The van der Waals surface area contributed by atoms with E-state index in [0.717, 1.165) is 50.6 Å². The highest BCUT2D eigenvalue weighted by atomic mass is 16.5. The number of rotatable bonds is 8.